The van der Waals surface area contributed by atoms with Crippen LogP contribution in [0.15, 0.2) is 0 Å². The van der Waals surface area contributed by atoms with Gasteiger partial charge in [-0.3, -0.25) is 4.79 Å². The van der Waals surface area contributed by atoms with Crippen molar-refractivity contribution < 1.29 is 9.90 Å². The van der Waals surface area contributed by atoms with Gasteiger partial charge in [0.25, 0.3) is 0 Å². The highest BCUT2D eigenvalue weighted by atomic mass is 16.3. The van der Waals surface area contributed by atoms with Crippen LogP contribution in [0.5, 0.6) is 0 Å². The van der Waals surface area contributed by atoms with Crippen molar-refractivity contribution in [1.82, 2.24) is 0 Å². The third-order valence-corrected chi connectivity index (χ3v) is 1.00. The number of rotatable bonds is 4. The molecule has 0 rings (SSSR count). The van der Waals surface area contributed by atoms with Gasteiger partial charge in [0.15, 0.2) is 5.78 Å². The third kappa shape index (κ3) is 3.18. The number of aliphatic hydroxyl groups excluding tert-OH is 1. The molecule has 0 aromatic heterocycles. The van der Waals surface area contributed by atoms with E-state index in [1.54, 1.807) is 0 Å². The first kappa shape index (κ1) is 8.55. The molecule has 0 heterocycles. The molecule has 0 aromatic carbocycles. The number of hydrogen-bond acceptors (Lipinski definition) is 4. The number of carbonyl (C=O) groups excluding carboxylic acids is 1. The van der Waals surface area contributed by atoms with Crippen molar-refractivity contribution in [2.75, 3.05) is 13.2 Å². The van der Waals surface area contributed by atoms with E-state index in [1.807, 2.05) is 0 Å². The molecule has 54 valence electrons. The zero-order chi connectivity index (χ0) is 7.28. The fraction of sp³-hybridized carbons (Fsp3) is 0.800. The molecule has 0 spiro atoms. The second-order valence-electron chi connectivity index (χ2n) is 1.79. The number of carbonyl (C=O) groups is 1. The number of nitrogens with two attached hydrogens (primary N) is 2. The van der Waals surface area contributed by atoms with Crippen LogP contribution in [0, 0.1) is 0 Å². The van der Waals surface area contributed by atoms with Gasteiger partial charge in [0.1, 0.15) is 0 Å². The van der Waals surface area contributed by atoms with E-state index in [0.717, 1.165) is 0 Å². The largest absolute Gasteiger partial charge is 0.394 e. The minimum absolute atomic E-state index is 0.181. The molecule has 4 heteroatoms. The highest BCUT2D eigenvalue weighted by molar-refractivity contribution is 5.83. The first-order valence-electron chi connectivity index (χ1n) is 2.81. The molecule has 4 nitrogen and oxygen atoms in total. The highest BCUT2D eigenvalue weighted by Crippen LogP contribution is 1.84. The van der Waals surface area contributed by atoms with Gasteiger partial charge >= 0.3 is 0 Å². The normalized spacial score (nSPS) is 13.2. The predicted octanol–water partition coefficient (Wildman–Crippen LogP) is -1.78. The Labute approximate surface area is 53.8 Å². The molecule has 0 aliphatic carbocycles. The summed E-state index contributed by atoms with van der Waals surface area (Å²) in [7, 11) is 0. The molecule has 0 aromatic rings. The topological polar surface area (TPSA) is 89.3 Å². The molecule has 0 aliphatic heterocycles. The fourth-order valence-electron chi connectivity index (χ4n) is 0.429. The van der Waals surface area contributed by atoms with Gasteiger partial charge in [0, 0.05) is 6.42 Å². The van der Waals surface area contributed by atoms with Gasteiger partial charge in [-0.05, 0) is 6.54 Å². The Morgan fingerprint density at radius 2 is 2.22 bits per heavy atom. The monoisotopic (exact) mass is 132 g/mol. The maximum atomic E-state index is 10.6. The van der Waals surface area contributed by atoms with E-state index in [9.17, 15) is 4.79 Å². The molecule has 0 bridgehead atoms. The lowest BCUT2D eigenvalue weighted by Crippen LogP contribution is -2.35. The van der Waals surface area contributed by atoms with Crippen LogP contribution in [0.1, 0.15) is 6.42 Å². The molecule has 0 fully saturated rings. The zero-order valence-corrected chi connectivity index (χ0v) is 5.21. The number of Topliss-reactive ketones (excluding diaryl/α,β-unsaturated/α-hetero) is 1. The average molecular weight is 132 g/mol. The first-order chi connectivity index (χ1) is 4.22. The molecule has 1 atom stereocenters. The summed E-state index contributed by atoms with van der Waals surface area (Å²) in [5.74, 6) is -0.181. The van der Waals surface area contributed by atoms with Crippen LogP contribution in [-0.4, -0.2) is 30.1 Å². The van der Waals surface area contributed by atoms with Gasteiger partial charge in [0.05, 0.1) is 12.6 Å². The number of ketones is 1. The van der Waals surface area contributed by atoms with E-state index in [2.05, 4.69) is 0 Å². The summed E-state index contributed by atoms with van der Waals surface area (Å²) in [6.07, 6.45) is 0.252. The third-order valence-electron chi connectivity index (χ3n) is 1.00. The van der Waals surface area contributed by atoms with Gasteiger partial charge in [-0.2, -0.15) is 0 Å². The van der Waals surface area contributed by atoms with Crippen LogP contribution in [0.4, 0.5) is 0 Å². The van der Waals surface area contributed by atoms with Crippen molar-refractivity contribution in [2.45, 2.75) is 12.5 Å². The van der Waals surface area contributed by atoms with Crippen LogP contribution >= 0.6 is 0 Å². The van der Waals surface area contributed by atoms with Crippen LogP contribution in [0.2, 0.25) is 0 Å². The van der Waals surface area contributed by atoms with Crippen molar-refractivity contribution in [3.05, 3.63) is 0 Å². The standard InChI is InChI=1S/C5H12N2O2/c6-2-1-5(9)4(7)3-8/h4,8H,1-3,6-7H2. The summed E-state index contributed by atoms with van der Waals surface area (Å²) in [6, 6.07) is -0.742. The Balaban J connectivity index is 3.46. The maximum absolute atomic E-state index is 10.6. The lowest BCUT2D eigenvalue weighted by atomic mass is 10.1. The Morgan fingerprint density at radius 3 is 2.56 bits per heavy atom. The molecule has 0 saturated carbocycles. The van der Waals surface area contributed by atoms with Crippen LogP contribution in [0.25, 0.3) is 0 Å². The minimum Gasteiger partial charge on any atom is -0.394 e. The first-order valence-corrected chi connectivity index (χ1v) is 2.81. The van der Waals surface area contributed by atoms with Gasteiger partial charge in [-0.1, -0.05) is 0 Å². The summed E-state index contributed by atoms with van der Waals surface area (Å²) in [5, 5.41) is 8.35. The fourth-order valence-corrected chi connectivity index (χ4v) is 0.429. The van der Waals surface area contributed by atoms with Crippen molar-refractivity contribution in [3.8, 4) is 0 Å². The van der Waals surface area contributed by atoms with Gasteiger partial charge < -0.3 is 16.6 Å². The molecule has 0 radical (unpaired) electrons. The summed E-state index contributed by atoms with van der Waals surface area (Å²) in [4.78, 5) is 10.6. The highest BCUT2D eigenvalue weighted by Gasteiger charge is 2.09. The van der Waals surface area contributed by atoms with Gasteiger partial charge in [-0.15, -0.1) is 0 Å². The number of hydrogen-bond donors (Lipinski definition) is 3. The van der Waals surface area contributed by atoms with Crippen molar-refractivity contribution >= 4 is 5.78 Å². The van der Waals surface area contributed by atoms with E-state index in [0.29, 0.717) is 6.54 Å². The van der Waals surface area contributed by atoms with Crippen molar-refractivity contribution in [3.63, 3.8) is 0 Å². The Kier molecular flexibility index (Phi) is 4.21. The Bertz CT molecular complexity index is 95.0. The van der Waals surface area contributed by atoms with E-state index in [-0.39, 0.29) is 18.8 Å². The summed E-state index contributed by atoms with van der Waals surface area (Å²) in [5.41, 5.74) is 10.2. The van der Waals surface area contributed by atoms with E-state index >= 15 is 0 Å². The Hall–Kier alpha value is -0.450. The second kappa shape index (κ2) is 4.43. The second-order valence-corrected chi connectivity index (χ2v) is 1.79. The SMILES string of the molecule is NCCC(=O)C(N)CO. The Morgan fingerprint density at radius 1 is 1.67 bits per heavy atom. The lowest BCUT2D eigenvalue weighted by Gasteiger charge is -2.03. The zero-order valence-electron chi connectivity index (χ0n) is 5.21. The van der Waals surface area contributed by atoms with Crippen LogP contribution < -0.4 is 11.5 Å². The van der Waals surface area contributed by atoms with E-state index in [4.69, 9.17) is 16.6 Å². The summed E-state index contributed by atoms with van der Waals surface area (Å²) in [6.45, 7) is 0.00532. The van der Waals surface area contributed by atoms with Gasteiger partial charge in [-0.25, -0.2) is 0 Å². The molecule has 5 N–H and O–H groups in total. The molecule has 0 amide bonds. The van der Waals surface area contributed by atoms with Crippen molar-refractivity contribution in [2.24, 2.45) is 11.5 Å². The van der Waals surface area contributed by atoms with E-state index in [1.165, 1.54) is 0 Å². The lowest BCUT2D eigenvalue weighted by molar-refractivity contribution is -0.120. The molecule has 0 aliphatic rings. The number of aliphatic hydroxyl groups is 1. The van der Waals surface area contributed by atoms with Gasteiger partial charge in [0.2, 0.25) is 0 Å². The molecular formula is C5H12N2O2. The van der Waals surface area contributed by atoms with Crippen LogP contribution in [0.3, 0.4) is 0 Å². The molecule has 9 heavy (non-hydrogen) atoms. The molecule has 1 unspecified atom stereocenters. The minimum atomic E-state index is -0.742. The molecule has 0 saturated heterocycles. The average Bonchev–Trinajstić information content (AvgIpc) is 1.87. The smallest absolute Gasteiger partial charge is 0.153 e. The molecular weight excluding hydrogens is 120 g/mol. The summed E-state index contributed by atoms with van der Waals surface area (Å²) < 4.78 is 0. The van der Waals surface area contributed by atoms with Crippen molar-refractivity contribution in [1.29, 1.82) is 0 Å². The summed E-state index contributed by atoms with van der Waals surface area (Å²) >= 11 is 0. The van der Waals surface area contributed by atoms with Crippen LogP contribution in [-0.2, 0) is 4.79 Å². The quantitative estimate of drug-likeness (QED) is 0.422. The van der Waals surface area contributed by atoms with E-state index < -0.39 is 6.04 Å². The predicted molar refractivity (Wildman–Crippen MR) is 33.7 cm³/mol. The maximum Gasteiger partial charge on any atom is 0.153 e.